The first kappa shape index (κ1) is 25.3. The van der Waals surface area contributed by atoms with E-state index in [4.69, 9.17) is 10.8 Å². The van der Waals surface area contributed by atoms with Gasteiger partial charge in [-0.1, -0.05) is 56.2 Å². The van der Waals surface area contributed by atoms with Gasteiger partial charge in [-0.3, -0.25) is 4.79 Å². The topological polar surface area (TPSA) is 135 Å². The SMILES string of the molecule is CCCCCc1ccc(CC(N)(c2cccc(NCC(=O)O)n2)S(=O)(=O)c2ccccn2)cc1. The van der Waals surface area contributed by atoms with Gasteiger partial charge in [0.05, 0.1) is 5.69 Å². The summed E-state index contributed by atoms with van der Waals surface area (Å²) in [5.41, 5.74) is 8.71. The highest BCUT2D eigenvalue weighted by Crippen LogP contribution is 2.33. The zero-order valence-corrected chi connectivity index (χ0v) is 20.0. The summed E-state index contributed by atoms with van der Waals surface area (Å²) < 4.78 is 27.5. The van der Waals surface area contributed by atoms with Crippen LogP contribution in [0, 0.1) is 0 Å². The monoisotopic (exact) mass is 482 g/mol. The first-order chi connectivity index (χ1) is 16.3. The second-order valence-electron chi connectivity index (χ2n) is 8.17. The molecule has 180 valence electrons. The molecule has 0 aliphatic heterocycles. The minimum absolute atomic E-state index is 0.0312. The summed E-state index contributed by atoms with van der Waals surface area (Å²) in [5.74, 6) is -0.844. The molecule has 0 saturated heterocycles. The first-order valence-corrected chi connectivity index (χ1v) is 12.7. The number of aromatic nitrogens is 2. The van der Waals surface area contributed by atoms with Gasteiger partial charge in [-0.15, -0.1) is 0 Å². The third-order valence-corrected chi connectivity index (χ3v) is 7.66. The fourth-order valence-electron chi connectivity index (χ4n) is 3.66. The lowest BCUT2D eigenvalue weighted by molar-refractivity contribution is -0.134. The van der Waals surface area contributed by atoms with Crippen molar-refractivity contribution in [3.63, 3.8) is 0 Å². The van der Waals surface area contributed by atoms with E-state index in [0.29, 0.717) is 0 Å². The Labute approximate surface area is 200 Å². The van der Waals surface area contributed by atoms with E-state index >= 15 is 0 Å². The maximum atomic E-state index is 13.7. The Balaban J connectivity index is 2.00. The standard InChI is InChI=1S/C25H30N4O4S/c1-2-3-4-8-19-12-14-20(15-13-19)17-25(26,34(32,33)23-11-5-6-16-27-23)21-9-7-10-22(29-21)28-18-24(30)31/h5-7,9-16H,2-4,8,17-18,26H2,1H3,(H,28,29)(H,30,31). The molecule has 4 N–H and O–H groups in total. The number of rotatable bonds is 12. The molecule has 9 heteroatoms. The van der Waals surface area contributed by atoms with Crippen molar-refractivity contribution in [3.8, 4) is 0 Å². The van der Waals surface area contributed by atoms with E-state index in [1.165, 1.54) is 23.9 Å². The molecule has 2 heterocycles. The van der Waals surface area contributed by atoms with Gasteiger partial charge in [0.15, 0.2) is 9.90 Å². The predicted molar refractivity (Wildman–Crippen MR) is 131 cm³/mol. The van der Waals surface area contributed by atoms with E-state index in [9.17, 15) is 13.2 Å². The van der Waals surface area contributed by atoms with Crippen molar-refractivity contribution in [1.82, 2.24) is 9.97 Å². The Bertz CT molecular complexity index is 1200. The van der Waals surface area contributed by atoms with Crippen LogP contribution in [0.2, 0.25) is 0 Å². The van der Waals surface area contributed by atoms with Crippen LogP contribution in [-0.4, -0.2) is 36.0 Å². The summed E-state index contributed by atoms with van der Waals surface area (Å²) in [7, 11) is -4.17. The molecule has 34 heavy (non-hydrogen) atoms. The molecule has 3 rings (SSSR count). The molecule has 8 nitrogen and oxygen atoms in total. The Morgan fingerprint density at radius 3 is 2.41 bits per heavy atom. The molecular formula is C25H30N4O4S. The Morgan fingerprint density at radius 2 is 1.76 bits per heavy atom. The average molecular weight is 483 g/mol. The molecule has 1 unspecified atom stereocenters. The van der Waals surface area contributed by atoms with Gasteiger partial charge in [0.25, 0.3) is 0 Å². The van der Waals surface area contributed by atoms with Crippen LogP contribution in [0.25, 0.3) is 0 Å². The number of aliphatic carboxylic acids is 1. The van der Waals surface area contributed by atoms with E-state index in [2.05, 4.69) is 22.2 Å². The van der Waals surface area contributed by atoms with E-state index in [1.807, 2.05) is 24.3 Å². The molecule has 0 spiro atoms. The molecule has 2 aromatic heterocycles. The molecule has 1 aromatic carbocycles. The van der Waals surface area contributed by atoms with E-state index in [1.54, 1.807) is 24.3 Å². The number of nitrogens with two attached hydrogens (primary N) is 1. The normalized spacial score (nSPS) is 13.2. The summed E-state index contributed by atoms with van der Waals surface area (Å²) >= 11 is 0. The van der Waals surface area contributed by atoms with Crippen LogP contribution in [0.4, 0.5) is 5.82 Å². The van der Waals surface area contributed by atoms with Crippen molar-refractivity contribution in [2.75, 3.05) is 11.9 Å². The second-order valence-corrected chi connectivity index (χ2v) is 10.3. The summed E-state index contributed by atoms with van der Waals surface area (Å²) in [6.45, 7) is 1.80. The van der Waals surface area contributed by atoms with Gasteiger partial charge in [-0.2, -0.15) is 0 Å². The van der Waals surface area contributed by atoms with Crippen LogP contribution in [0.1, 0.15) is 43.0 Å². The predicted octanol–water partition coefficient (Wildman–Crippen LogP) is 3.53. The Kier molecular flexibility index (Phi) is 8.36. The molecule has 0 amide bonds. The van der Waals surface area contributed by atoms with Gasteiger partial charge < -0.3 is 16.2 Å². The van der Waals surface area contributed by atoms with Crippen LogP contribution < -0.4 is 11.1 Å². The van der Waals surface area contributed by atoms with Crippen molar-refractivity contribution >= 4 is 21.6 Å². The number of carboxylic acids is 1. The van der Waals surface area contributed by atoms with Crippen molar-refractivity contribution in [3.05, 3.63) is 83.7 Å². The highest BCUT2D eigenvalue weighted by molar-refractivity contribution is 7.92. The van der Waals surface area contributed by atoms with Gasteiger partial charge in [0, 0.05) is 12.6 Å². The number of carbonyl (C=O) groups is 1. The minimum Gasteiger partial charge on any atom is -0.480 e. The maximum absolute atomic E-state index is 13.7. The van der Waals surface area contributed by atoms with Gasteiger partial charge in [-0.05, 0) is 48.2 Å². The number of pyridine rings is 2. The quantitative estimate of drug-likeness (QED) is 0.334. The van der Waals surface area contributed by atoms with Gasteiger partial charge in [-0.25, -0.2) is 18.4 Å². The number of carboxylic acid groups (broad SMARTS) is 1. The Hall–Kier alpha value is -3.30. The summed E-state index contributed by atoms with van der Waals surface area (Å²) in [5, 5.41) is 11.5. The fourth-order valence-corrected chi connectivity index (χ4v) is 5.23. The summed E-state index contributed by atoms with van der Waals surface area (Å²) in [6, 6.07) is 17.1. The molecule has 1 atom stereocenters. The summed E-state index contributed by atoms with van der Waals surface area (Å²) in [4.78, 5) is 17.4. The largest absolute Gasteiger partial charge is 0.480 e. The van der Waals surface area contributed by atoms with E-state index in [-0.39, 0.29) is 29.5 Å². The highest BCUT2D eigenvalue weighted by atomic mass is 32.2. The lowest BCUT2D eigenvalue weighted by atomic mass is 9.99. The van der Waals surface area contributed by atoms with Crippen molar-refractivity contribution < 1.29 is 18.3 Å². The minimum atomic E-state index is -4.17. The third kappa shape index (κ3) is 5.98. The zero-order valence-electron chi connectivity index (χ0n) is 19.1. The zero-order chi connectivity index (χ0) is 24.6. The second kappa shape index (κ2) is 11.2. The van der Waals surface area contributed by atoms with Crippen LogP contribution in [-0.2, 0) is 32.3 Å². The lowest BCUT2D eigenvalue weighted by Gasteiger charge is -2.29. The number of unbranched alkanes of at least 4 members (excludes halogenated alkanes) is 2. The number of anilines is 1. The number of hydrogen-bond acceptors (Lipinski definition) is 7. The number of aryl methyl sites for hydroxylation is 1. The highest BCUT2D eigenvalue weighted by Gasteiger charge is 2.45. The van der Waals surface area contributed by atoms with Gasteiger partial charge in [0.1, 0.15) is 12.4 Å². The fraction of sp³-hybridized carbons (Fsp3) is 0.320. The molecule has 0 saturated carbocycles. The molecule has 0 aliphatic rings. The molecule has 0 aliphatic carbocycles. The van der Waals surface area contributed by atoms with Crippen molar-refractivity contribution in [2.45, 2.75) is 48.9 Å². The average Bonchev–Trinajstić information content (AvgIpc) is 2.84. The molecule has 0 fully saturated rings. The van der Waals surface area contributed by atoms with Crippen LogP contribution >= 0.6 is 0 Å². The maximum Gasteiger partial charge on any atom is 0.322 e. The first-order valence-electron chi connectivity index (χ1n) is 11.2. The van der Waals surface area contributed by atoms with Crippen LogP contribution in [0.5, 0.6) is 0 Å². The van der Waals surface area contributed by atoms with Crippen LogP contribution in [0.15, 0.2) is 71.9 Å². The lowest BCUT2D eigenvalue weighted by Crippen LogP contribution is -2.47. The molecule has 0 bridgehead atoms. The van der Waals surface area contributed by atoms with Crippen LogP contribution in [0.3, 0.4) is 0 Å². The number of nitrogens with one attached hydrogen (secondary N) is 1. The van der Waals surface area contributed by atoms with Gasteiger partial charge in [0.2, 0.25) is 9.84 Å². The smallest absolute Gasteiger partial charge is 0.322 e. The summed E-state index contributed by atoms with van der Waals surface area (Å²) in [6.07, 6.45) is 5.74. The number of hydrogen-bond donors (Lipinski definition) is 3. The van der Waals surface area contributed by atoms with E-state index < -0.39 is 20.7 Å². The third-order valence-electron chi connectivity index (χ3n) is 5.55. The van der Waals surface area contributed by atoms with E-state index in [0.717, 1.165) is 31.2 Å². The number of nitrogens with zero attached hydrogens (tertiary/aromatic N) is 2. The molecule has 0 radical (unpaired) electrons. The van der Waals surface area contributed by atoms with Crippen molar-refractivity contribution in [1.29, 1.82) is 0 Å². The number of sulfone groups is 1. The number of benzene rings is 1. The molecule has 3 aromatic rings. The van der Waals surface area contributed by atoms with Crippen molar-refractivity contribution in [2.24, 2.45) is 5.73 Å². The van der Waals surface area contributed by atoms with Gasteiger partial charge >= 0.3 is 5.97 Å². The Morgan fingerprint density at radius 1 is 1.03 bits per heavy atom. The molecular weight excluding hydrogens is 452 g/mol.